The zero-order valence-corrected chi connectivity index (χ0v) is 19.5. The van der Waals surface area contributed by atoms with E-state index in [2.05, 4.69) is 9.97 Å². The molecule has 7 nitrogen and oxygen atoms in total. The van der Waals surface area contributed by atoms with Crippen LogP contribution in [0.3, 0.4) is 0 Å². The minimum absolute atomic E-state index is 0.0936. The number of carbonyl (C=O) groups is 2. The lowest BCUT2D eigenvalue weighted by atomic mass is 10.2. The van der Waals surface area contributed by atoms with Crippen molar-refractivity contribution in [1.29, 1.82) is 0 Å². The highest BCUT2D eigenvalue weighted by atomic mass is 32.2. The minimum Gasteiger partial charge on any atom is -0.459 e. The summed E-state index contributed by atoms with van der Waals surface area (Å²) in [5.74, 6) is -0.730. The molecule has 154 valence electrons. The van der Waals surface area contributed by atoms with Crippen LogP contribution in [0.25, 0.3) is 10.2 Å². The van der Waals surface area contributed by atoms with E-state index in [1.54, 1.807) is 20.8 Å². The molecular formula is C18H25N3O4S3. The lowest BCUT2D eigenvalue weighted by Gasteiger charge is -2.19. The number of aromatic nitrogens is 2. The normalized spacial score (nSPS) is 12.2. The van der Waals surface area contributed by atoms with E-state index in [-0.39, 0.29) is 11.7 Å². The number of rotatable bonds is 5. The van der Waals surface area contributed by atoms with Crippen LogP contribution >= 0.6 is 34.9 Å². The Morgan fingerprint density at radius 2 is 1.68 bits per heavy atom. The molecule has 0 bridgehead atoms. The number of fused-ring (bicyclic) bond motifs is 1. The topological polar surface area (TPSA) is 104 Å². The van der Waals surface area contributed by atoms with Crippen LogP contribution in [0, 0.1) is 0 Å². The number of hydrogen-bond donors (Lipinski definition) is 1. The van der Waals surface area contributed by atoms with Gasteiger partial charge in [0.1, 0.15) is 25.9 Å². The SMILES string of the molecule is CSc1nc(SCC(=O)OC(C)(C)C)nc2sc(C(=O)OC(C)(C)C)c(N)c12. The maximum Gasteiger partial charge on any atom is 0.351 e. The maximum absolute atomic E-state index is 12.5. The van der Waals surface area contributed by atoms with Gasteiger partial charge >= 0.3 is 11.9 Å². The first-order chi connectivity index (χ1) is 12.8. The Bertz CT molecular complexity index is 898. The molecule has 0 saturated heterocycles. The maximum atomic E-state index is 12.5. The molecule has 0 aliphatic heterocycles. The second-order valence-electron chi connectivity index (χ2n) is 7.92. The molecule has 0 aromatic carbocycles. The summed E-state index contributed by atoms with van der Waals surface area (Å²) in [5, 5.41) is 1.72. The molecular weight excluding hydrogens is 418 g/mol. The quantitative estimate of drug-likeness (QED) is 0.312. The number of anilines is 1. The monoisotopic (exact) mass is 443 g/mol. The van der Waals surface area contributed by atoms with Gasteiger partial charge in [-0.25, -0.2) is 14.8 Å². The third-order valence-electron chi connectivity index (χ3n) is 3.05. The molecule has 0 fully saturated rings. The van der Waals surface area contributed by atoms with E-state index in [1.807, 2.05) is 27.0 Å². The van der Waals surface area contributed by atoms with Crippen molar-refractivity contribution in [3.8, 4) is 0 Å². The molecule has 0 aliphatic rings. The van der Waals surface area contributed by atoms with Crippen molar-refractivity contribution in [2.75, 3.05) is 17.7 Å². The molecule has 2 N–H and O–H groups in total. The number of nitrogens with zero attached hydrogens (tertiary/aromatic N) is 2. The van der Waals surface area contributed by atoms with Crippen molar-refractivity contribution < 1.29 is 19.1 Å². The van der Waals surface area contributed by atoms with Crippen LogP contribution in [0.15, 0.2) is 10.2 Å². The molecule has 0 atom stereocenters. The third-order valence-corrected chi connectivity index (χ3v) is 5.63. The number of hydrogen-bond acceptors (Lipinski definition) is 10. The van der Waals surface area contributed by atoms with E-state index < -0.39 is 17.2 Å². The molecule has 2 aromatic heterocycles. The smallest absolute Gasteiger partial charge is 0.351 e. The number of esters is 2. The molecule has 10 heteroatoms. The van der Waals surface area contributed by atoms with E-state index in [0.717, 1.165) is 0 Å². The minimum atomic E-state index is -0.623. The number of nitrogens with two attached hydrogens (primary N) is 1. The van der Waals surface area contributed by atoms with Gasteiger partial charge in [0, 0.05) is 0 Å². The van der Waals surface area contributed by atoms with Crippen molar-refractivity contribution in [2.24, 2.45) is 0 Å². The van der Waals surface area contributed by atoms with Crippen molar-refractivity contribution in [3.63, 3.8) is 0 Å². The number of carbonyl (C=O) groups excluding carboxylic acids is 2. The van der Waals surface area contributed by atoms with Crippen LogP contribution in [0.2, 0.25) is 0 Å². The Morgan fingerprint density at radius 1 is 1.07 bits per heavy atom. The first-order valence-electron chi connectivity index (χ1n) is 8.52. The third kappa shape index (κ3) is 5.99. The van der Waals surface area contributed by atoms with Crippen molar-refractivity contribution in [3.05, 3.63) is 4.88 Å². The Hall–Kier alpha value is -1.52. The molecule has 2 rings (SSSR count). The molecule has 0 amide bonds. The molecule has 28 heavy (non-hydrogen) atoms. The fourth-order valence-electron chi connectivity index (χ4n) is 2.15. The van der Waals surface area contributed by atoms with Gasteiger partial charge in [-0.3, -0.25) is 4.79 Å². The van der Waals surface area contributed by atoms with E-state index in [1.165, 1.54) is 34.9 Å². The second-order valence-corrected chi connectivity index (χ2v) is 10.7. The fourth-order valence-corrected chi connectivity index (χ4v) is 4.51. The van der Waals surface area contributed by atoms with Crippen LogP contribution < -0.4 is 5.73 Å². The largest absolute Gasteiger partial charge is 0.459 e. The molecule has 2 heterocycles. The highest BCUT2D eigenvalue weighted by Gasteiger charge is 2.26. The molecule has 0 radical (unpaired) electrons. The van der Waals surface area contributed by atoms with E-state index in [4.69, 9.17) is 15.2 Å². The van der Waals surface area contributed by atoms with Gasteiger partial charge in [0.2, 0.25) is 0 Å². The van der Waals surface area contributed by atoms with Crippen molar-refractivity contribution >= 4 is 62.7 Å². The van der Waals surface area contributed by atoms with Crippen LogP contribution in [0.4, 0.5) is 5.69 Å². The Balaban J connectivity index is 2.32. The van der Waals surface area contributed by atoms with Gasteiger partial charge in [-0.15, -0.1) is 23.1 Å². The lowest BCUT2D eigenvalue weighted by Crippen LogP contribution is -2.25. The number of thiophene rings is 1. The van der Waals surface area contributed by atoms with Gasteiger partial charge in [-0.2, -0.15) is 0 Å². The van der Waals surface area contributed by atoms with Gasteiger partial charge in [0.15, 0.2) is 5.16 Å². The van der Waals surface area contributed by atoms with Gasteiger partial charge < -0.3 is 15.2 Å². The van der Waals surface area contributed by atoms with Gasteiger partial charge in [0.05, 0.1) is 16.8 Å². The average molecular weight is 444 g/mol. The van der Waals surface area contributed by atoms with Crippen LogP contribution in [0.1, 0.15) is 51.2 Å². The molecule has 0 saturated carbocycles. The second kappa shape index (κ2) is 8.46. The number of thioether (sulfide) groups is 2. The van der Waals surface area contributed by atoms with Crippen molar-refractivity contribution in [2.45, 2.75) is 62.9 Å². The summed E-state index contributed by atoms with van der Waals surface area (Å²) < 4.78 is 10.7. The van der Waals surface area contributed by atoms with Gasteiger partial charge in [0.25, 0.3) is 0 Å². The summed E-state index contributed by atoms with van der Waals surface area (Å²) >= 11 is 3.76. The predicted molar refractivity (Wildman–Crippen MR) is 115 cm³/mol. The predicted octanol–water partition coefficient (Wildman–Crippen LogP) is 4.38. The van der Waals surface area contributed by atoms with Crippen LogP contribution in [-0.4, -0.2) is 45.1 Å². The number of ether oxygens (including phenoxy) is 2. The van der Waals surface area contributed by atoms with E-state index in [9.17, 15) is 9.59 Å². The Morgan fingerprint density at radius 3 is 2.21 bits per heavy atom. The van der Waals surface area contributed by atoms with Gasteiger partial charge in [-0.1, -0.05) is 11.8 Å². The summed E-state index contributed by atoms with van der Waals surface area (Å²) in [4.78, 5) is 34.3. The molecule has 2 aromatic rings. The van der Waals surface area contributed by atoms with Crippen LogP contribution in [-0.2, 0) is 14.3 Å². The number of nitrogen functional groups attached to an aromatic ring is 1. The standard InChI is InChI=1S/C18H25N3O4S3/c1-17(2,3)24-9(22)8-27-16-20-13(26-7)10-11(19)12(28-14(10)21-16)15(23)25-18(4,5)6/h8,19H2,1-7H3. The van der Waals surface area contributed by atoms with Gasteiger partial charge in [-0.05, 0) is 47.8 Å². The zero-order chi connectivity index (χ0) is 21.3. The molecule has 0 unspecified atom stereocenters. The fraction of sp³-hybridized carbons (Fsp3) is 0.556. The summed E-state index contributed by atoms with van der Waals surface area (Å²) in [7, 11) is 0. The Kier molecular flexibility index (Phi) is 6.88. The van der Waals surface area contributed by atoms with E-state index in [0.29, 0.717) is 31.0 Å². The molecule has 0 spiro atoms. The van der Waals surface area contributed by atoms with Crippen molar-refractivity contribution in [1.82, 2.24) is 9.97 Å². The summed E-state index contributed by atoms with van der Waals surface area (Å²) in [6.45, 7) is 10.8. The highest BCUT2D eigenvalue weighted by Crippen LogP contribution is 2.39. The highest BCUT2D eigenvalue weighted by molar-refractivity contribution is 8.00. The summed E-state index contributed by atoms with van der Waals surface area (Å²) in [5.41, 5.74) is 5.37. The average Bonchev–Trinajstić information content (AvgIpc) is 2.86. The molecule has 0 aliphatic carbocycles. The Labute approximate surface area is 177 Å². The first-order valence-corrected chi connectivity index (χ1v) is 11.6. The summed E-state index contributed by atoms with van der Waals surface area (Å²) in [6, 6.07) is 0. The zero-order valence-electron chi connectivity index (χ0n) is 17.0. The lowest BCUT2D eigenvalue weighted by molar-refractivity contribution is -0.151. The van der Waals surface area contributed by atoms with E-state index >= 15 is 0 Å². The first kappa shape index (κ1) is 22.8. The van der Waals surface area contributed by atoms with Crippen LogP contribution in [0.5, 0.6) is 0 Å². The summed E-state index contributed by atoms with van der Waals surface area (Å²) in [6.07, 6.45) is 1.87.